The second-order valence-corrected chi connectivity index (χ2v) is 10.3. The first-order valence-electron chi connectivity index (χ1n) is 10.4. The lowest BCUT2D eigenvalue weighted by Gasteiger charge is -2.28. The van der Waals surface area contributed by atoms with Gasteiger partial charge in [-0.15, -0.1) is 0 Å². The first kappa shape index (κ1) is 23.1. The number of hydrogen-bond donors (Lipinski definition) is 2. The van der Waals surface area contributed by atoms with Gasteiger partial charge in [0, 0.05) is 30.3 Å². The number of anilines is 2. The van der Waals surface area contributed by atoms with Gasteiger partial charge in [-0.2, -0.15) is 0 Å². The van der Waals surface area contributed by atoms with Gasteiger partial charge in [-0.3, -0.25) is 9.71 Å². The van der Waals surface area contributed by atoms with Crippen LogP contribution in [0.5, 0.6) is 5.75 Å². The molecular weight excluding hydrogens is 458 g/mol. The van der Waals surface area contributed by atoms with Crippen LogP contribution in [0.3, 0.4) is 0 Å². The molecule has 10 heteroatoms. The van der Waals surface area contributed by atoms with Gasteiger partial charge in [0.25, 0.3) is 0 Å². The van der Waals surface area contributed by atoms with Crippen LogP contribution in [-0.2, 0) is 17.1 Å². The number of nitrogens with zero attached hydrogens (tertiary/aromatic N) is 3. The number of ether oxygens (including phenoxy) is 1. The van der Waals surface area contributed by atoms with Gasteiger partial charge in [0.2, 0.25) is 10.0 Å². The first-order valence-corrected chi connectivity index (χ1v) is 12.7. The second kappa shape index (κ2) is 8.68. The number of aryl methyl sites for hydroxylation is 1. The highest BCUT2D eigenvalue weighted by molar-refractivity contribution is 7.92. The third-order valence-electron chi connectivity index (χ3n) is 5.99. The molecule has 1 aromatic carbocycles. The van der Waals surface area contributed by atoms with Gasteiger partial charge in [0.05, 0.1) is 36.8 Å². The molecule has 0 radical (unpaired) electrons. The lowest BCUT2D eigenvalue weighted by molar-refractivity contribution is 0.417. The molecule has 0 bridgehead atoms. The molecule has 2 atom stereocenters. The Hall–Kier alpha value is -3.11. The monoisotopic (exact) mass is 485 g/mol. The predicted octanol–water partition coefficient (Wildman–Crippen LogP) is 3.59. The molecule has 3 heterocycles. The number of thiocarbonyl (C=S) groups is 1. The van der Waals surface area contributed by atoms with Crippen molar-refractivity contribution in [2.75, 3.05) is 23.0 Å². The van der Waals surface area contributed by atoms with E-state index in [4.69, 9.17) is 17.0 Å². The number of pyridine rings is 1. The van der Waals surface area contributed by atoms with Gasteiger partial charge < -0.3 is 19.5 Å². The maximum atomic E-state index is 11.9. The zero-order valence-electron chi connectivity index (χ0n) is 19.2. The topological polar surface area (TPSA) is 88.5 Å². The van der Waals surface area contributed by atoms with Crippen LogP contribution < -0.4 is 19.7 Å². The third-order valence-corrected chi connectivity index (χ3v) is 6.89. The van der Waals surface area contributed by atoms with E-state index in [-0.39, 0.29) is 12.1 Å². The quantitative estimate of drug-likeness (QED) is 0.516. The fraction of sp³-hybridized carbons (Fsp3) is 0.304. The number of rotatable bonds is 6. The zero-order valence-corrected chi connectivity index (χ0v) is 20.8. The molecule has 2 N–H and O–H groups in total. The Balaban J connectivity index is 1.88. The summed E-state index contributed by atoms with van der Waals surface area (Å²) >= 11 is 5.78. The van der Waals surface area contributed by atoms with Gasteiger partial charge >= 0.3 is 0 Å². The van der Waals surface area contributed by atoms with Crippen molar-refractivity contribution in [3.63, 3.8) is 0 Å². The van der Waals surface area contributed by atoms with Crippen LogP contribution in [0.15, 0.2) is 48.7 Å². The molecule has 0 aliphatic carbocycles. The Bertz CT molecular complexity index is 1310. The number of benzene rings is 1. The summed E-state index contributed by atoms with van der Waals surface area (Å²) < 4.78 is 33.9. The van der Waals surface area contributed by atoms with E-state index >= 15 is 0 Å². The average Bonchev–Trinajstić information content (AvgIpc) is 3.24. The average molecular weight is 486 g/mol. The summed E-state index contributed by atoms with van der Waals surface area (Å²) in [5, 5.41) is 3.97. The summed E-state index contributed by atoms with van der Waals surface area (Å²) in [4.78, 5) is 6.60. The Morgan fingerprint density at radius 2 is 1.94 bits per heavy atom. The number of sulfonamides is 1. The highest BCUT2D eigenvalue weighted by Crippen LogP contribution is 2.44. The van der Waals surface area contributed by atoms with E-state index in [1.807, 2.05) is 36.2 Å². The molecule has 4 rings (SSSR count). The van der Waals surface area contributed by atoms with Crippen molar-refractivity contribution in [3.8, 4) is 5.75 Å². The highest BCUT2D eigenvalue weighted by atomic mass is 32.2. The van der Waals surface area contributed by atoms with Gasteiger partial charge in [-0.1, -0.05) is 6.07 Å². The number of methoxy groups -OCH3 is 1. The molecule has 0 amide bonds. The lowest BCUT2D eigenvalue weighted by atomic mass is 9.96. The van der Waals surface area contributed by atoms with Gasteiger partial charge in [0.15, 0.2) is 5.11 Å². The van der Waals surface area contributed by atoms with E-state index in [1.165, 1.54) is 7.11 Å². The summed E-state index contributed by atoms with van der Waals surface area (Å²) in [5.41, 5.74) is 5.33. The molecule has 0 spiro atoms. The fourth-order valence-electron chi connectivity index (χ4n) is 4.26. The van der Waals surface area contributed by atoms with Crippen LogP contribution in [0.4, 0.5) is 11.4 Å². The Kier molecular flexibility index (Phi) is 6.06. The minimum absolute atomic E-state index is 0.187. The molecule has 2 unspecified atom stereocenters. The van der Waals surface area contributed by atoms with E-state index in [0.29, 0.717) is 16.5 Å². The van der Waals surface area contributed by atoms with Crippen LogP contribution in [0.1, 0.15) is 34.7 Å². The van der Waals surface area contributed by atoms with Gasteiger partial charge in [-0.05, 0) is 68.0 Å². The number of nitrogens with one attached hydrogen (secondary N) is 2. The lowest BCUT2D eigenvalue weighted by Crippen LogP contribution is -2.29. The van der Waals surface area contributed by atoms with Crippen molar-refractivity contribution in [2.24, 2.45) is 7.05 Å². The molecule has 1 aliphatic heterocycles. The van der Waals surface area contributed by atoms with E-state index in [2.05, 4.69) is 39.5 Å². The van der Waals surface area contributed by atoms with Crippen molar-refractivity contribution in [1.82, 2.24) is 14.9 Å². The second-order valence-electron chi connectivity index (χ2n) is 8.14. The van der Waals surface area contributed by atoms with Gasteiger partial charge in [0.1, 0.15) is 5.75 Å². The van der Waals surface area contributed by atoms with Crippen LogP contribution in [-0.4, -0.2) is 36.4 Å². The molecule has 0 saturated carbocycles. The first-order chi connectivity index (χ1) is 15.6. The van der Waals surface area contributed by atoms with Crippen molar-refractivity contribution in [2.45, 2.75) is 25.9 Å². The SMILES string of the molecule is COc1ccc(N2C(=S)NC(c3ccccn3)C2c2cc(C)n(C)c2C)cc1NS(C)(=O)=O. The van der Waals surface area contributed by atoms with E-state index in [9.17, 15) is 8.42 Å². The smallest absolute Gasteiger partial charge is 0.229 e. The summed E-state index contributed by atoms with van der Waals surface area (Å²) in [6.07, 6.45) is 2.88. The molecule has 33 heavy (non-hydrogen) atoms. The Labute approximate surface area is 199 Å². The Morgan fingerprint density at radius 1 is 1.18 bits per heavy atom. The van der Waals surface area contributed by atoms with Crippen LogP contribution in [0.25, 0.3) is 0 Å². The van der Waals surface area contributed by atoms with Gasteiger partial charge in [-0.25, -0.2) is 8.42 Å². The summed E-state index contributed by atoms with van der Waals surface area (Å²) in [5.74, 6) is 0.423. The number of aromatic nitrogens is 2. The Morgan fingerprint density at radius 3 is 2.52 bits per heavy atom. The molecule has 174 valence electrons. The molecular formula is C23H27N5O3S2. The van der Waals surface area contributed by atoms with Crippen LogP contribution in [0, 0.1) is 13.8 Å². The number of hydrogen-bond acceptors (Lipinski definition) is 5. The zero-order chi connectivity index (χ0) is 23.9. The molecule has 1 saturated heterocycles. The van der Waals surface area contributed by atoms with Crippen molar-refractivity contribution in [1.29, 1.82) is 0 Å². The molecule has 1 fully saturated rings. The van der Waals surface area contributed by atoms with E-state index in [1.54, 1.807) is 18.3 Å². The van der Waals surface area contributed by atoms with Crippen molar-refractivity contribution in [3.05, 3.63) is 71.3 Å². The summed E-state index contributed by atoms with van der Waals surface area (Å²) in [6.45, 7) is 4.15. The maximum Gasteiger partial charge on any atom is 0.229 e. The third kappa shape index (κ3) is 4.40. The minimum atomic E-state index is -3.50. The molecule has 8 nitrogen and oxygen atoms in total. The summed E-state index contributed by atoms with van der Waals surface area (Å²) in [7, 11) is 0.0364. The fourth-order valence-corrected chi connectivity index (χ4v) is 5.16. The van der Waals surface area contributed by atoms with Crippen LogP contribution >= 0.6 is 12.2 Å². The summed E-state index contributed by atoms with van der Waals surface area (Å²) in [6, 6.07) is 13.0. The van der Waals surface area contributed by atoms with E-state index in [0.717, 1.165) is 34.6 Å². The van der Waals surface area contributed by atoms with Crippen LogP contribution in [0.2, 0.25) is 0 Å². The van der Waals surface area contributed by atoms with Crippen molar-refractivity contribution < 1.29 is 13.2 Å². The normalized spacial score (nSPS) is 18.3. The molecule has 3 aromatic rings. The van der Waals surface area contributed by atoms with E-state index < -0.39 is 10.0 Å². The predicted molar refractivity (Wildman–Crippen MR) is 134 cm³/mol. The molecule has 2 aromatic heterocycles. The van der Waals surface area contributed by atoms with Crippen molar-refractivity contribution >= 4 is 38.7 Å². The largest absolute Gasteiger partial charge is 0.495 e. The minimum Gasteiger partial charge on any atom is -0.495 e. The highest BCUT2D eigenvalue weighted by Gasteiger charge is 2.42. The standard InChI is InChI=1S/C23H27N5O3S2/c1-14-12-17(15(2)27(14)3)22-21(18-8-6-7-11-24-18)25-23(32)28(22)16-9-10-20(31-4)19(13-16)26-33(5,29)30/h6-13,21-22,26H,1-5H3,(H,25,32). The molecule has 1 aliphatic rings. The maximum absolute atomic E-state index is 11.9.